The Kier molecular flexibility index (Phi) is 4.82. The second-order valence-electron chi connectivity index (χ2n) is 3.25. The molecule has 4 nitrogen and oxygen atoms in total. The minimum atomic E-state index is -0.696. The molecule has 1 atom stereocenters. The molecule has 0 aliphatic carbocycles. The second kappa shape index (κ2) is 5.93. The Morgan fingerprint density at radius 2 is 2.43 bits per heavy atom. The average Bonchev–Trinajstić information content (AvgIpc) is 2.53. The minimum Gasteiger partial charge on any atom is -0.335 e. The first-order valence-electron chi connectivity index (χ1n) is 4.73. The van der Waals surface area contributed by atoms with Gasteiger partial charge in [0.1, 0.15) is 0 Å². The van der Waals surface area contributed by atoms with Gasteiger partial charge in [0.05, 0.1) is 6.33 Å². The van der Waals surface area contributed by atoms with E-state index in [4.69, 9.17) is 5.73 Å². The summed E-state index contributed by atoms with van der Waals surface area (Å²) in [4.78, 5) is 4.07. The molecule has 0 amide bonds. The summed E-state index contributed by atoms with van der Waals surface area (Å²) in [5, 5.41) is 0. The zero-order valence-electron chi connectivity index (χ0n) is 8.48. The predicted molar refractivity (Wildman–Crippen MR) is 58.5 cm³/mol. The summed E-state index contributed by atoms with van der Waals surface area (Å²) in [6.45, 7) is 1.53. The van der Waals surface area contributed by atoms with Gasteiger partial charge in [-0.05, 0) is 13.0 Å². The zero-order chi connectivity index (χ0) is 10.4. The van der Waals surface area contributed by atoms with Gasteiger partial charge in [-0.1, -0.05) is 0 Å². The lowest BCUT2D eigenvalue weighted by Crippen LogP contribution is -2.10. The van der Waals surface area contributed by atoms with Crippen molar-refractivity contribution in [2.24, 2.45) is 5.73 Å². The molecule has 80 valence electrons. The van der Waals surface area contributed by atoms with Gasteiger partial charge in [-0.2, -0.15) is 0 Å². The Labute approximate surface area is 87.0 Å². The van der Waals surface area contributed by atoms with Crippen LogP contribution in [0, 0.1) is 0 Å². The van der Waals surface area contributed by atoms with Crippen molar-refractivity contribution >= 4 is 10.8 Å². The number of hydrogen-bond donors (Lipinski definition) is 1. The van der Waals surface area contributed by atoms with E-state index in [0.717, 1.165) is 30.8 Å². The molecule has 0 radical (unpaired) electrons. The fraction of sp³-hybridized carbons (Fsp3) is 0.667. The molecular weight excluding hydrogens is 198 g/mol. The monoisotopic (exact) mass is 215 g/mol. The fourth-order valence-electron chi connectivity index (χ4n) is 1.34. The van der Waals surface area contributed by atoms with E-state index in [9.17, 15) is 4.21 Å². The summed E-state index contributed by atoms with van der Waals surface area (Å²) in [6, 6.07) is 0. The van der Waals surface area contributed by atoms with E-state index in [1.807, 2.05) is 12.5 Å². The molecule has 0 aromatic carbocycles. The largest absolute Gasteiger partial charge is 0.335 e. The molecule has 1 unspecified atom stereocenters. The molecule has 1 rings (SSSR count). The third kappa shape index (κ3) is 3.59. The lowest BCUT2D eigenvalue weighted by atomic mass is 10.3. The molecule has 0 spiro atoms. The van der Waals surface area contributed by atoms with Gasteiger partial charge >= 0.3 is 0 Å². The molecule has 0 bridgehead atoms. The van der Waals surface area contributed by atoms with E-state index < -0.39 is 10.8 Å². The third-order valence-electron chi connectivity index (χ3n) is 2.03. The number of aromatic nitrogens is 2. The fourth-order valence-corrected chi connectivity index (χ4v) is 1.88. The van der Waals surface area contributed by atoms with E-state index in [2.05, 4.69) is 9.55 Å². The Balaban J connectivity index is 2.41. The maximum Gasteiger partial charge on any atom is 0.0948 e. The summed E-state index contributed by atoms with van der Waals surface area (Å²) in [5.74, 6) is 0.750. The summed E-state index contributed by atoms with van der Waals surface area (Å²) < 4.78 is 12.9. The van der Waals surface area contributed by atoms with Crippen LogP contribution in [0.3, 0.4) is 0 Å². The van der Waals surface area contributed by atoms with Gasteiger partial charge in [0.25, 0.3) is 0 Å². The molecule has 5 heteroatoms. The molecule has 1 aromatic heterocycles. The highest BCUT2D eigenvalue weighted by Gasteiger charge is 2.00. The van der Waals surface area contributed by atoms with Gasteiger partial charge < -0.3 is 10.3 Å². The summed E-state index contributed by atoms with van der Waals surface area (Å²) in [5.41, 5.74) is 6.64. The van der Waals surface area contributed by atoms with Crippen molar-refractivity contribution in [2.45, 2.75) is 19.4 Å². The highest BCUT2D eigenvalue weighted by Crippen LogP contribution is 2.01. The Morgan fingerprint density at radius 1 is 1.64 bits per heavy atom. The second-order valence-corrected chi connectivity index (χ2v) is 4.80. The standard InChI is InChI=1S/C9H17N3OS/c1-14(13)6-2-5-12-8-11-7-9(12)3-4-10/h7-8H,2-6,10H2,1H3. The molecular formula is C9H17N3OS. The first-order valence-corrected chi connectivity index (χ1v) is 6.46. The van der Waals surface area contributed by atoms with E-state index in [1.54, 1.807) is 6.26 Å². The summed E-state index contributed by atoms with van der Waals surface area (Å²) in [6.07, 6.45) is 7.17. The van der Waals surface area contributed by atoms with E-state index in [-0.39, 0.29) is 0 Å². The normalized spacial score (nSPS) is 13.0. The molecule has 1 aromatic rings. The molecule has 0 aliphatic heterocycles. The number of aryl methyl sites for hydroxylation is 1. The van der Waals surface area contributed by atoms with Crippen LogP contribution in [0.25, 0.3) is 0 Å². The number of imidazole rings is 1. The van der Waals surface area contributed by atoms with Crippen molar-refractivity contribution in [3.8, 4) is 0 Å². The van der Waals surface area contributed by atoms with E-state index in [1.165, 1.54) is 0 Å². The Morgan fingerprint density at radius 3 is 3.07 bits per heavy atom. The summed E-state index contributed by atoms with van der Waals surface area (Å²) in [7, 11) is -0.696. The molecule has 0 saturated heterocycles. The molecule has 2 N–H and O–H groups in total. The summed E-state index contributed by atoms with van der Waals surface area (Å²) >= 11 is 0. The molecule has 14 heavy (non-hydrogen) atoms. The van der Waals surface area contributed by atoms with Crippen LogP contribution in [0.2, 0.25) is 0 Å². The first kappa shape index (κ1) is 11.4. The highest BCUT2D eigenvalue weighted by molar-refractivity contribution is 7.84. The number of nitrogens with two attached hydrogens (primary N) is 1. The van der Waals surface area contributed by atoms with Crippen LogP contribution in [-0.2, 0) is 23.8 Å². The van der Waals surface area contributed by atoms with Crippen molar-refractivity contribution < 1.29 is 4.21 Å². The molecule has 0 aliphatic rings. The van der Waals surface area contributed by atoms with Crippen molar-refractivity contribution in [3.05, 3.63) is 18.2 Å². The van der Waals surface area contributed by atoms with Crippen LogP contribution in [0.15, 0.2) is 12.5 Å². The van der Waals surface area contributed by atoms with Crippen molar-refractivity contribution in [3.63, 3.8) is 0 Å². The molecule has 0 saturated carbocycles. The van der Waals surface area contributed by atoms with Gasteiger partial charge in [0, 0.05) is 47.7 Å². The molecule has 1 heterocycles. The lowest BCUT2D eigenvalue weighted by Gasteiger charge is -2.05. The Bertz CT molecular complexity index is 298. The topological polar surface area (TPSA) is 60.9 Å². The predicted octanol–water partition coefficient (Wildman–Crippen LogP) is 0.153. The van der Waals surface area contributed by atoms with E-state index >= 15 is 0 Å². The average molecular weight is 215 g/mol. The van der Waals surface area contributed by atoms with Gasteiger partial charge in [-0.3, -0.25) is 4.21 Å². The van der Waals surface area contributed by atoms with Crippen molar-refractivity contribution in [2.75, 3.05) is 18.6 Å². The Hall–Kier alpha value is -0.680. The first-order chi connectivity index (χ1) is 6.74. The number of rotatable bonds is 6. The zero-order valence-corrected chi connectivity index (χ0v) is 9.30. The third-order valence-corrected chi connectivity index (χ3v) is 2.89. The van der Waals surface area contributed by atoms with Crippen LogP contribution in [0.5, 0.6) is 0 Å². The smallest absolute Gasteiger partial charge is 0.0948 e. The minimum absolute atomic E-state index is 0.644. The quantitative estimate of drug-likeness (QED) is 0.735. The number of hydrogen-bond acceptors (Lipinski definition) is 3. The van der Waals surface area contributed by atoms with Gasteiger partial charge in [0.2, 0.25) is 0 Å². The van der Waals surface area contributed by atoms with Gasteiger partial charge in [0.15, 0.2) is 0 Å². The van der Waals surface area contributed by atoms with Crippen LogP contribution >= 0.6 is 0 Å². The SMILES string of the molecule is CS(=O)CCCn1cncc1CCN. The van der Waals surface area contributed by atoms with Gasteiger partial charge in [-0.25, -0.2) is 4.98 Å². The highest BCUT2D eigenvalue weighted by atomic mass is 32.2. The maximum atomic E-state index is 10.8. The van der Waals surface area contributed by atoms with Crippen LogP contribution in [0.1, 0.15) is 12.1 Å². The maximum absolute atomic E-state index is 10.8. The van der Waals surface area contributed by atoms with E-state index in [0.29, 0.717) is 6.54 Å². The molecule has 0 fully saturated rings. The van der Waals surface area contributed by atoms with Gasteiger partial charge in [-0.15, -0.1) is 0 Å². The van der Waals surface area contributed by atoms with Crippen LogP contribution in [-0.4, -0.2) is 32.3 Å². The van der Waals surface area contributed by atoms with Crippen molar-refractivity contribution in [1.82, 2.24) is 9.55 Å². The lowest BCUT2D eigenvalue weighted by molar-refractivity contribution is 0.638. The van der Waals surface area contributed by atoms with Crippen molar-refractivity contribution in [1.29, 1.82) is 0 Å². The van der Waals surface area contributed by atoms with Crippen LogP contribution in [0.4, 0.5) is 0 Å². The van der Waals surface area contributed by atoms with Crippen LogP contribution < -0.4 is 5.73 Å². The number of nitrogens with zero attached hydrogens (tertiary/aromatic N) is 2.